The van der Waals surface area contributed by atoms with Crippen molar-refractivity contribution in [2.75, 3.05) is 0 Å². The Morgan fingerprint density at radius 2 is 1.62 bits per heavy atom. The van der Waals surface area contributed by atoms with E-state index in [2.05, 4.69) is 12.4 Å². The van der Waals surface area contributed by atoms with Gasteiger partial charge in [-0.15, -0.1) is 0 Å². The van der Waals surface area contributed by atoms with E-state index in [1.165, 1.54) is 0 Å². The molecule has 124 valence electrons. The maximum atomic E-state index is 9.50. The second-order valence-corrected chi connectivity index (χ2v) is 5.79. The quantitative estimate of drug-likeness (QED) is 0.586. The minimum atomic E-state index is -0.301. The minimum absolute atomic E-state index is 0.301. The summed E-state index contributed by atoms with van der Waals surface area (Å²) in [6.45, 7) is 2.12. The lowest BCUT2D eigenvalue weighted by Gasteiger charge is -2.09. The fourth-order valence-electron chi connectivity index (χ4n) is 2.71. The molecule has 1 aromatic heterocycles. The molecule has 2 N–H and O–H groups in total. The first kappa shape index (κ1) is 16.4. The molecule has 0 aliphatic carbocycles. The Hall–Kier alpha value is -2.43. The molecule has 0 radical (unpaired) electrons. The third kappa shape index (κ3) is 3.55. The van der Waals surface area contributed by atoms with Crippen LogP contribution in [0.2, 0.25) is 0 Å². The Morgan fingerprint density at radius 3 is 2.21 bits per heavy atom. The summed E-state index contributed by atoms with van der Waals surface area (Å²) >= 11 is 0. The summed E-state index contributed by atoms with van der Waals surface area (Å²) in [6, 6.07) is 19.6. The molecule has 0 amide bonds. The van der Waals surface area contributed by atoms with Gasteiger partial charge in [-0.3, -0.25) is 0 Å². The Morgan fingerprint density at radius 1 is 1.00 bits per heavy atom. The molecule has 4 heteroatoms. The first-order chi connectivity index (χ1) is 11.8. The van der Waals surface area contributed by atoms with Gasteiger partial charge in [-0.05, 0) is 6.42 Å². The fraction of sp³-hybridized carbons (Fsp3) is 0.250. The fourth-order valence-corrected chi connectivity index (χ4v) is 2.71. The number of oxazole rings is 1. The molecule has 0 aliphatic rings. The lowest BCUT2D eigenvalue weighted by atomic mass is 10.1. The third-order valence-corrected chi connectivity index (χ3v) is 4.03. The number of benzene rings is 2. The zero-order valence-corrected chi connectivity index (χ0v) is 13.8. The monoisotopic (exact) mass is 322 g/mol. The highest BCUT2D eigenvalue weighted by Crippen LogP contribution is 2.34. The average molecular weight is 322 g/mol. The van der Waals surface area contributed by atoms with Crippen molar-refractivity contribution < 1.29 is 9.62 Å². The number of hydrogen-bond donors (Lipinski definition) is 2. The maximum Gasteiger partial charge on any atom is 0.215 e. The van der Waals surface area contributed by atoms with Gasteiger partial charge in [0.15, 0.2) is 5.76 Å². The van der Waals surface area contributed by atoms with Crippen molar-refractivity contribution in [3.05, 3.63) is 66.6 Å². The number of hydroxylamine groups is 1. The number of rotatable bonds is 7. The molecular formula is C20H22N2O2. The van der Waals surface area contributed by atoms with E-state index in [0.29, 0.717) is 5.89 Å². The van der Waals surface area contributed by atoms with Crippen LogP contribution in [0.15, 0.2) is 65.1 Å². The molecule has 0 fully saturated rings. The second kappa shape index (κ2) is 7.90. The molecule has 3 rings (SSSR count). The van der Waals surface area contributed by atoms with Gasteiger partial charge in [0.25, 0.3) is 0 Å². The number of nitrogens with one attached hydrogen (secondary N) is 1. The van der Waals surface area contributed by atoms with Gasteiger partial charge >= 0.3 is 0 Å². The summed E-state index contributed by atoms with van der Waals surface area (Å²) in [5.74, 6) is 1.25. The molecule has 0 saturated carbocycles. The summed E-state index contributed by atoms with van der Waals surface area (Å²) in [7, 11) is 0. The molecule has 0 saturated heterocycles. The van der Waals surface area contributed by atoms with Crippen molar-refractivity contribution in [1.29, 1.82) is 0 Å². The van der Waals surface area contributed by atoms with E-state index in [1.807, 2.05) is 60.7 Å². The summed E-state index contributed by atoms with van der Waals surface area (Å²) < 4.78 is 6.07. The van der Waals surface area contributed by atoms with Gasteiger partial charge in [-0.1, -0.05) is 80.4 Å². The van der Waals surface area contributed by atoms with E-state index in [9.17, 15) is 5.21 Å². The smallest absolute Gasteiger partial charge is 0.215 e. The molecule has 0 aliphatic heterocycles. The standard InChI is InChI=1S/C20H22N2O2/c1-2-3-14-17(22-23)20-21-18(15-10-6-4-7-11-15)19(24-20)16-12-8-5-9-13-16/h4-13,17,22-23H,2-3,14H2,1H3. The van der Waals surface area contributed by atoms with Crippen LogP contribution in [0.4, 0.5) is 0 Å². The first-order valence-electron chi connectivity index (χ1n) is 8.34. The van der Waals surface area contributed by atoms with Crippen molar-refractivity contribution >= 4 is 0 Å². The van der Waals surface area contributed by atoms with E-state index in [1.54, 1.807) is 0 Å². The van der Waals surface area contributed by atoms with E-state index in [4.69, 9.17) is 9.40 Å². The SMILES string of the molecule is CCCCC(NO)c1nc(-c2ccccc2)c(-c2ccccc2)o1. The van der Waals surface area contributed by atoms with Crippen molar-refractivity contribution in [3.63, 3.8) is 0 Å². The molecule has 0 bridgehead atoms. The van der Waals surface area contributed by atoms with Crippen LogP contribution in [-0.2, 0) is 0 Å². The van der Waals surface area contributed by atoms with Crippen LogP contribution in [0.1, 0.15) is 38.1 Å². The molecule has 2 aromatic carbocycles. The van der Waals surface area contributed by atoms with Crippen molar-refractivity contribution in [1.82, 2.24) is 10.5 Å². The number of aromatic nitrogens is 1. The van der Waals surface area contributed by atoms with Crippen LogP contribution in [0.3, 0.4) is 0 Å². The van der Waals surface area contributed by atoms with E-state index in [-0.39, 0.29) is 6.04 Å². The molecule has 3 aromatic rings. The highest BCUT2D eigenvalue weighted by Gasteiger charge is 2.22. The predicted molar refractivity (Wildman–Crippen MR) is 94.6 cm³/mol. The Kier molecular flexibility index (Phi) is 5.41. The lowest BCUT2D eigenvalue weighted by Crippen LogP contribution is -2.17. The highest BCUT2D eigenvalue weighted by molar-refractivity contribution is 5.76. The Balaban J connectivity index is 2.06. The van der Waals surface area contributed by atoms with Crippen LogP contribution in [-0.4, -0.2) is 10.2 Å². The van der Waals surface area contributed by atoms with Gasteiger partial charge in [0.2, 0.25) is 5.89 Å². The number of hydrogen-bond acceptors (Lipinski definition) is 4. The Labute approximate surface area is 142 Å². The zero-order chi connectivity index (χ0) is 16.8. The van der Waals surface area contributed by atoms with Gasteiger partial charge in [0.1, 0.15) is 11.7 Å². The molecular weight excluding hydrogens is 300 g/mol. The summed E-state index contributed by atoms with van der Waals surface area (Å²) in [5, 5.41) is 9.50. The summed E-state index contributed by atoms with van der Waals surface area (Å²) in [5.41, 5.74) is 5.11. The maximum absolute atomic E-state index is 9.50. The highest BCUT2D eigenvalue weighted by atomic mass is 16.5. The second-order valence-electron chi connectivity index (χ2n) is 5.79. The van der Waals surface area contributed by atoms with Crippen LogP contribution >= 0.6 is 0 Å². The summed E-state index contributed by atoms with van der Waals surface area (Å²) in [6.07, 6.45) is 2.81. The number of nitrogens with zero attached hydrogens (tertiary/aromatic N) is 1. The molecule has 24 heavy (non-hydrogen) atoms. The van der Waals surface area contributed by atoms with Crippen LogP contribution in [0.5, 0.6) is 0 Å². The van der Waals surface area contributed by atoms with Gasteiger partial charge in [-0.25, -0.2) is 4.98 Å². The van der Waals surface area contributed by atoms with E-state index in [0.717, 1.165) is 41.8 Å². The minimum Gasteiger partial charge on any atom is -0.438 e. The van der Waals surface area contributed by atoms with Crippen molar-refractivity contribution in [2.45, 2.75) is 32.2 Å². The molecule has 1 unspecified atom stereocenters. The molecule has 4 nitrogen and oxygen atoms in total. The Bertz CT molecular complexity index is 697. The molecule has 1 heterocycles. The first-order valence-corrected chi connectivity index (χ1v) is 8.34. The van der Waals surface area contributed by atoms with Crippen LogP contribution in [0.25, 0.3) is 22.6 Å². The third-order valence-electron chi connectivity index (χ3n) is 4.03. The topological polar surface area (TPSA) is 58.3 Å². The molecule has 1 atom stereocenters. The van der Waals surface area contributed by atoms with Crippen LogP contribution in [0, 0.1) is 0 Å². The van der Waals surface area contributed by atoms with E-state index >= 15 is 0 Å². The number of unbranched alkanes of at least 4 members (excludes halogenated alkanes) is 1. The largest absolute Gasteiger partial charge is 0.438 e. The normalized spacial score (nSPS) is 12.2. The zero-order valence-electron chi connectivity index (χ0n) is 13.8. The van der Waals surface area contributed by atoms with Crippen molar-refractivity contribution in [3.8, 4) is 22.6 Å². The molecule has 0 spiro atoms. The van der Waals surface area contributed by atoms with Gasteiger partial charge < -0.3 is 9.62 Å². The van der Waals surface area contributed by atoms with E-state index < -0.39 is 0 Å². The van der Waals surface area contributed by atoms with Gasteiger partial charge in [-0.2, -0.15) is 5.48 Å². The van der Waals surface area contributed by atoms with Gasteiger partial charge in [0, 0.05) is 11.1 Å². The summed E-state index contributed by atoms with van der Waals surface area (Å²) in [4.78, 5) is 4.69. The predicted octanol–water partition coefficient (Wildman–Crippen LogP) is 5.22. The van der Waals surface area contributed by atoms with Crippen molar-refractivity contribution in [2.24, 2.45) is 0 Å². The van der Waals surface area contributed by atoms with Gasteiger partial charge in [0.05, 0.1) is 0 Å². The average Bonchev–Trinajstić information content (AvgIpc) is 3.09. The van der Waals surface area contributed by atoms with Crippen LogP contribution < -0.4 is 5.48 Å². The lowest BCUT2D eigenvalue weighted by molar-refractivity contribution is 0.108.